The highest BCUT2D eigenvalue weighted by Gasteiger charge is 2.17. The minimum Gasteiger partial charge on any atom is -0.431 e. The van der Waals surface area contributed by atoms with Crippen LogP contribution in [0.25, 0.3) is 16.7 Å². The Morgan fingerprint density at radius 2 is 2.09 bits per heavy atom. The van der Waals surface area contributed by atoms with Crippen molar-refractivity contribution < 1.29 is 9.34 Å². The van der Waals surface area contributed by atoms with Gasteiger partial charge in [0.25, 0.3) is 5.22 Å². The van der Waals surface area contributed by atoms with E-state index in [1.807, 2.05) is 24.3 Å². The second-order valence-electron chi connectivity index (χ2n) is 4.36. The van der Waals surface area contributed by atoms with Crippen molar-refractivity contribution in [3.63, 3.8) is 0 Å². The van der Waals surface area contributed by atoms with E-state index in [9.17, 15) is 10.1 Å². The van der Waals surface area contributed by atoms with Gasteiger partial charge in [-0.05, 0) is 34.9 Å². The molecule has 8 nitrogen and oxygen atoms in total. The summed E-state index contributed by atoms with van der Waals surface area (Å²) in [7, 11) is 0. The third kappa shape index (κ3) is 2.07. The quantitative estimate of drug-likeness (QED) is 0.423. The van der Waals surface area contributed by atoms with Crippen LogP contribution in [-0.2, 0) is 0 Å². The van der Waals surface area contributed by atoms with E-state index in [0.29, 0.717) is 21.5 Å². The van der Waals surface area contributed by atoms with Gasteiger partial charge in [-0.3, -0.25) is 0 Å². The Kier molecular flexibility index (Phi) is 2.79. The summed E-state index contributed by atoms with van der Waals surface area (Å²) in [5, 5.41) is 16.1. The number of hydrogen-bond acceptors (Lipinski definition) is 7. The van der Waals surface area contributed by atoms with Crippen LogP contribution < -0.4 is 0 Å². The Morgan fingerprint density at radius 1 is 1.23 bits per heavy atom. The fraction of sp³-hybridized carbons (Fsp3) is 0. The van der Waals surface area contributed by atoms with Gasteiger partial charge in [0.1, 0.15) is 16.7 Å². The van der Waals surface area contributed by atoms with Crippen LogP contribution in [0.4, 0.5) is 5.82 Å². The zero-order valence-corrected chi connectivity index (χ0v) is 11.7. The van der Waals surface area contributed by atoms with E-state index in [1.54, 1.807) is 12.1 Å². The summed E-state index contributed by atoms with van der Waals surface area (Å²) >= 11 is 1.19. The van der Waals surface area contributed by atoms with Gasteiger partial charge in [-0.25, -0.2) is 9.97 Å². The molecule has 4 aromatic rings. The van der Waals surface area contributed by atoms with Gasteiger partial charge >= 0.3 is 5.82 Å². The van der Waals surface area contributed by atoms with Crippen LogP contribution in [0, 0.1) is 10.1 Å². The summed E-state index contributed by atoms with van der Waals surface area (Å²) in [5.74, 6) is -0.185. The van der Waals surface area contributed by atoms with E-state index < -0.39 is 4.92 Å². The van der Waals surface area contributed by atoms with Gasteiger partial charge in [0.05, 0.1) is 0 Å². The van der Waals surface area contributed by atoms with Crippen molar-refractivity contribution in [1.82, 2.24) is 19.6 Å². The molecule has 0 aliphatic carbocycles. The summed E-state index contributed by atoms with van der Waals surface area (Å²) in [6, 6.07) is 10.8. The molecule has 0 radical (unpaired) electrons. The number of benzene rings is 1. The Balaban J connectivity index is 1.74. The molecule has 0 saturated heterocycles. The molecule has 0 atom stereocenters. The predicted molar refractivity (Wildman–Crippen MR) is 77.8 cm³/mol. The van der Waals surface area contributed by atoms with Gasteiger partial charge in [0.15, 0.2) is 5.58 Å². The number of oxazole rings is 1. The number of hydrogen-bond donors (Lipinski definition) is 0. The molecule has 0 aliphatic rings. The molecule has 0 aliphatic heterocycles. The smallest absolute Gasteiger partial charge is 0.368 e. The summed E-state index contributed by atoms with van der Waals surface area (Å²) in [6.45, 7) is 0. The molecule has 22 heavy (non-hydrogen) atoms. The lowest BCUT2D eigenvalue weighted by molar-refractivity contribution is -0.391. The number of aromatic nitrogens is 4. The minimum absolute atomic E-state index is 0.185. The van der Waals surface area contributed by atoms with Crippen LogP contribution in [0.15, 0.2) is 57.3 Å². The molecule has 4 rings (SSSR count). The van der Waals surface area contributed by atoms with E-state index in [2.05, 4.69) is 15.1 Å². The maximum atomic E-state index is 10.9. The fourth-order valence-corrected chi connectivity index (χ4v) is 2.72. The van der Waals surface area contributed by atoms with Gasteiger partial charge in [-0.15, -0.1) is 0 Å². The van der Waals surface area contributed by atoms with E-state index >= 15 is 0 Å². The second-order valence-corrected chi connectivity index (χ2v) is 5.34. The van der Waals surface area contributed by atoms with Crippen molar-refractivity contribution in [2.75, 3.05) is 0 Å². The molecular formula is C13H7N5O3S. The first-order valence-corrected chi connectivity index (χ1v) is 7.05. The average molecular weight is 313 g/mol. The number of imidazole rings is 1. The van der Waals surface area contributed by atoms with Gasteiger partial charge in [0.2, 0.25) is 5.65 Å². The molecule has 108 valence electrons. The fourth-order valence-electron chi connectivity index (χ4n) is 2.01. The van der Waals surface area contributed by atoms with Crippen LogP contribution in [0.1, 0.15) is 0 Å². The first-order chi connectivity index (χ1) is 10.7. The summed E-state index contributed by atoms with van der Waals surface area (Å²) in [5.41, 5.74) is 1.84. The maximum absolute atomic E-state index is 10.9. The molecule has 0 spiro atoms. The van der Waals surface area contributed by atoms with Gasteiger partial charge < -0.3 is 14.5 Å². The lowest BCUT2D eigenvalue weighted by Crippen LogP contribution is -1.98. The highest BCUT2D eigenvalue weighted by molar-refractivity contribution is 7.99. The molecule has 0 amide bonds. The van der Waals surface area contributed by atoms with E-state index in [4.69, 9.17) is 4.42 Å². The molecule has 0 N–H and O–H groups in total. The maximum Gasteiger partial charge on any atom is 0.368 e. The molecule has 3 heterocycles. The molecular weight excluding hydrogens is 306 g/mol. The molecule has 3 aromatic heterocycles. The van der Waals surface area contributed by atoms with Crippen LogP contribution in [0.2, 0.25) is 0 Å². The van der Waals surface area contributed by atoms with Crippen molar-refractivity contribution in [1.29, 1.82) is 0 Å². The summed E-state index contributed by atoms with van der Waals surface area (Å²) in [4.78, 5) is 18.7. The summed E-state index contributed by atoms with van der Waals surface area (Å²) < 4.78 is 6.78. The number of nitrogens with zero attached hydrogens (tertiary/aromatic N) is 5. The zero-order valence-electron chi connectivity index (χ0n) is 10.9. The van der Waals surface area contributed by atoms with Crippen LogP contribution in [0.3, 0.4) is 0 Å². The number of fused-ring (bicyclic) bond motifs is 2. The van der Waals surface area contributed by atoms with Crippen LogP contribution in [0.5, 0.6) is 0 Å². The van der Waals surface area contributed by atoms with Gasteiger partial charge in [-0.2, -0.15) is 0 Å². The van der Waals surface area contributed by atoms with Crippen LogP contribution >= 0.6 is 11.8 Å². The van der Waals surface area contributed by atoms with Crippen molar-refractivity contribution in [3.8, 4) is 0 Å². The van der Waals surface area contributed by atoms with Crippen molar-refractivity contribution in [2.24, 2.45) is 0 Å². The normalized spacial score (nSPS) is 11.3. The van der Waals surface area contributed by atoms with Gasteiger partial charge in [0, 0.05) is 6.07 Å². The molecule has 0 fully saturated rings. The highest BCUT2D eigenvalue weighted by Crippen LogP contribution is 2.29. The van der Waals surface area contributed by atoms with Crippen LogP contribution in [-0.4, -0.2) is 24.5 Å². The van der Waals surface area contributed by atoms with Gasteiger partial charge in [-0.1, -0.05) is 21.7 Å². The first-order valence-electron chi connectivity index (χ1n) is 6.23. The Hall–Kier alpha value is -2.94. The summed E-state index contributed by atoms with van der Waals surface area (Å²) in [6.07, 6.45) is 1.18. The lowest BCUT2D eigenvalue weighted by Gasteiger charge is -1.95. The lowest BCUT2D eigenvalue weighted by atomic mass is 10.3. The van der Waals surface area contributed by atoms with E-state index in [-0.39, 0.29) is 5.82 Å². The Morgan fingerprint density at radius 3 is 2.91 bits per heavy atom. The molecule has 0 unspecified atom stereocenters. The van der Waals surface area contributed by atoms with Crippen molar-refractivity contribution in [2.45, 2.75) is 10.2 Å². The monoisotopic (exact) mass is 313 g/mol. The number of nitro groups is 1. The Bertz CT molecular complexity index is 976. The van der Waals surface area contributed by atoms with E-state index in [1.165, 1.54) is 22.5 Å². The average Bonchev–Trinajstić information content (AvgIpc) is 3.09. The largest absolute Gasteiger partial charge is 0.431 e. The number of para-hydroxylation sites is 2. The molecule has 9 heteroatoms. The predicted octanol–water partition coefficient (Wildman–Crippen LogP) is 2.93. The third-order valence-electron chi connectivity index (χ3n) is 2.97. The second kappa shape index (κ2) is 4.81. The topological polar surface area (TPSA) is 99.4 Å². The van der Waals surface area contributed by atoms with Crippen molar-refractivity contribution in [3.05, 3.63) is 52.7 Å². The van der Waals surface area contributed by atoms with E-state index in [0.717, 1.165) is 5.52 Å². The number of rotatable bonds is 3. The molecule has 1 aromatic carbocycles. The third-order valence-corrected chi connectivity index (χ3v) is 3.75. The SMILES string of the molecule is O=[N+]([O-])c1cnc2ccc(Sc3nc4ccccc4o3)nn12. The zero-order chi connectivity index (χ0) is 15.1. The first kappa shape index (κ1) is 12.8. The molecule has 0 bridgehead atoms. The standard InChI is InChI=1S/C13H7N5O3S/c19-18(20)12-7-14-10-5-6-11(16-17(10)12)22-13-15-8-3-1-2-4-9(8)21-13/h1-7H. The minimum atomic E-state index is -0.527. The Labute approximate surface area is 126 Å². The van der Waals surface area contributed by atoms with Crippen molar-refractivity contribution >= 4 is 34.3 Å². The molecule has 0 saturated carbocycles. The highest BCUT2D eigenvalue weighted by atomic mass is 32.2.